The fraction of sp³-hybridized carbons (Fsp3) is 0.826. The Bertz CT molecular complexity index is 495. The van der Waals surface area contributed by atoms with E-state index in [1.54, 1.807) is 0 Å². The van der Waals surface area contributed by atoms with E-state index in [-0.39, 0.29) is 23.9 Å². The molecular formula is C23H45BO3Si. The smallest absolute Gasteiger partial charge is 0.414 e. The van der Waals surface area contributed by atoms with Gasteiger partial charge in [-0.2, -0.15) is 0 Å². The Morgan fingerprint density at radius 1 is 1.11 bits per heavy atom. The molecule has 1 fully saturated rings. The fourth-order valence-electron chi connectivity index (χ4n) is 2.95. The number of rotatable bonds is 12. The molecule has 1 atom stereocenters. The molecule has 1 rings (SSSR count). The Kier molecular flexibility index (Phi) is 10.8. The molecule has 0 radical (unpaired) electrons. The molecule has 0 saturated carbocycles. The molecule has 3 nitrogen and oxygen atoms in total. The first-order chi connectivity index (χ1) is 13.0. The molecule has 1 aliphatic rings. The average molecular weight is 409 g/mol. The van der Waals surface area contributed by atoms with Gasteiger partial charge >= 0.3 is 7.12 Å². The van der Waals surface area contributed by atoms with Crippen LogP contribution in [0.25, 0.3) is 0 Å². The molecule has 1 aliphatic heterocycles. The van der Waals surface area contributed by atoms with Crippen LogP contribution in [0.1, 0.15) is 86.5 Å². The predicted molar refractivity (Wildman–Crippen MR) is 125 cm³/mol. The Morgan fingerprint density at radius 2 is 1.82 bits per heavy atom. The molecule has 0 aromatic rings. The lowest BCUT2D eigenvalue weighted by Gasteiger charge is -2.39. The lowest BCUT2D eigenvalue weighted by molar-refractivity contribution is 0.137. The van der Waals surface area contributed by atoms with Crippen molar-refractivity contribution in [2.75, 3.05) is 6.61 Å². The van der Waals surface area contributed by atoms with Crippen LogP contribution in [0.4, 0.5) is 0 Å². The second-order valence-electron chi connectivity index (χ2n) is 10.3. The molecule has 28 heavy (non-hydrogen) atoms. The van der Waals surface area contributed by atoms with Crippen molar-refractivity contribution in [2.24, 2.45) is 0 Å². The van der Waals surface area contributed by atoms with Crippen molar-refractivity contribution in [2.45, 2.75) is 116 Å². The summed E-state index contributed by atoms with van der Waals surface area (Å²) in [7, 11) is -1.96. The fourth-order valence-corrected chi connectivity index (χ4v) is 4.35. The lowest BCUT2D eigenvalue weighted by Crippen LogP contribution is -2.43. The van der Waals surface area contributed by atoms with Gasteiger partial charge in [0.25, 0.3) is 0 Å². The molecule has 5 heteroatoms. The van der Waals surface area contributed by atoms with Crippen molar-refractivity contribution >= 4 is 15.4 Å². The molecule has 0 bridgehead atoms. The van der Waals surface area contributed by atoms with Crippen molar-refractivity contribution in [1.29, 1.82) is 0 Å². The summed E-state index contributed by atoms with van der Waals surface area (Å²) in [4.78, 5) is 0. The molecule has 0 unspecified atom stereocenters. The zero-order valence-corrected chi connectivity index (χ0v) is 20.8. The minimum absolute atomic E-state index is 0.175. The van der Waals surface area contributed by atoms with Gasteiger partial charge in [0.1, 0.15) is 0 Å². The van der Waals surface area contributed by atoms with E-state index in [4.69, 9.17) is 13.7 Å². The van der Waals surface area contributed by atoms with Gasteiger partial charge < -0.3 is 13.7 Å². The number of hydrogen-bond donors (Lipinski definition) is 0. The lowest BCUT2D eigenvalue weighted by atomic mass is 9.89. The van der Waals surface area contributed by atoms with Crippen LogP contribution in [-0.2, 0) is 13.7 Å². The maximum absolute atomic E-state index is 6.73. The number of allylic oxidation sites excluding steroid dienone is 2. The molecule has 0 spiro atoms. The standard InChI is InChI=1S/C23H45BO3Si/c1-9-10-11-12-13-14-17-21(26-28(7,8)22(2,3)4)18-15-16-19-24-25-20-23(5,6)27-24/h13-14,16,19,21H,9-12,15,17-18,20H2,1-8H3/b14-13+,19-16+/t21-/m0/s1. The highest BCUT2D eigenvalue weighted by molar-refractivity contribution is 6.74. The first-order valence-electron chi connectivity index (χ1n) is 11.3. The Labute approximate surface area is 176 Å². The number of hydrogen-bond acceptors (Lipinski definition) is 3. The molecule has 1 heterocycles. The van der Waals surface area contributed by atoms with Gasteiger partial charge in [0, 0.05) is 6.10 Å². The van der Waals surface area contributed by atoms with Crippen LogP contribution in [0.15, 0.2) is 24.2 Å². The second kappa shape index (κ2) is 11.7. The zero-order valence-electron chi connectivity index (χ0n) is 19.8. The highest BCUT2D eigenvalue weighted by atomic mass is 28.4. The van der Waals surface area contributed by atoms with E-state index in [0.717, 1.165) is 19.3 Å². The van der Waals surface area contributed by atoms with Crippen LogP contribution in [0.5, 0.6) is 0 Å². The Morgan fingerprint density at radius 3 is 2.39 bits per heavy atom. The first-order valence-corrected chi connectivity index (χ1v) is 14.2. The normalized spacial score (nSPS) is 19.2. The SMILES string of the molecule is CCCCC/C=C/C[C@@H](CC/C=C/B1OCC(C)(C)O1)O[Si](C)(C)C(C)(C)C. The summed E-state index contributed by atoms with van der Waals surface area (Å²) in [5.41, 5.74) is -0.175. The minimum atomic E-state index is -1.76. The predicted octanol–water partition coefficient (Wildman–Crippen LogP) is 7.09. The van der Waals surface area contributed by atoms with Crippen molar-refractivity contribution in [3.05, 3.63) is 24.2 Å². The van der Waals surface area contributed by atoms with E-state index in [1.165, 1.54) is 25.7 Å². The van der Waals surface area contributed by atoms with Gasteiger partial charge in [-0.05, 0) is 64.1 Å². The summed E-state index contributed by atoms with van der Waals surface area (Å²) in [5.74, 6) is 2.05. The van der Waals surface area contributed by atoms with Crippen LogP contribution >= 0.6 is 0 Å². The summed E-state index contributed by atoms with van der Waals surface area (Å²) in [6.45, 7) is 18.7. The van der Waals surface area contributed by atoms with Crippen molar-refractivity contribution in [3.63, 3.8) is 0 Å². The van der Waals surface area contributed by atoms with Gasteiger partial charge in [-0.3, -0.25) is 0 Å². The monoisotopic (exact) mass is 408 g/mol. The average Bonchev–Trinajstić information content (AvgIpc) is 2.92. The molecule has 0 aliphatic carbocycles. The highest BCUT2D eigenvalue weighted by Crippen LogP contribution is 2.38. The highest BCUT2D eigenvalue weighted by Gasteiger charge is 2.39. The van der Waals surface area contributed by atoms with Crippen LogP contribution in [-0.4, -0.2) is 33.7 Å². The van der Waals surface area contributed by atoms with Crippen LogP contribution in [0, 0.1) is 0 Å². The molecule has 0 N–H and O–H groups in total. The molecule has 0 amide bonds. The van der Waals surface area contributed by atoms with E-state index >= 15 is 0 Å². The van der Waals surface area contributed by atoms with Crippen LogP contribution in [0.3, 0.4) is 0 Å². The first kappa shape index (κ1) is 25.7. The van der Waals surface area contributed by atoms with Gasteiger partial charge in [0.05, 0.1) is 12.2 Å². The van der Waals surface area contributed by atoms with Crippen molar-refractivity contribution in [3.8, 4) is 0 Å². The minimum Gasteiger partial charge on any atom is -0.414 e. The summed E-state index contributed by atoms with van der Waals surface area (Å²) in [6, 6.07) is 0. The van der Waals surface area contributed by atoms with E-state index in [2.05, 4.69) is 78.8 Å². The Hall–Kier alpha value is -0.358. The topological polar surface area (TPSA) is 27.7 Å². The van der Waals surface area contributed by atoms with Gasteiger partial charge in [-0.1, -0.05) is 64.7 Å². The largest absolute Gasteiger partial charge is 0.486 e. The molecule has 1 saturated heterocycles. The van der Waals surface area contributed by atoms with E-state index in [9.17, 15) is 0 Å². The maximum Gasteiger partial charge on any atom is 0.486 e. The zero-order chi connectivity index (χ0) is 21.3. The summed E-state index contributed by atoms with van der Waals surface area (Å²) >= 11 is 0. The molecule has 162 valence electrons. The van der Waals surface area contributed by atoms with Crippen LogP contribution < -0.4 is 0 Å². The quantitative estimate of drug-likeness (QED) is 0.196. The van der Waals surface area contributed by atoms with E-state index < -0.39 is 8.32 Å². The number of unbranched alkanes of at least 4 members (excludes halogenated alkanes) is 3. The van der Waals surface area contributed by atoms with Gasteiger partial charge in [0.2, 0.25) is 0 Å². The third-order valence-electron chi connectivity index (χ3n) is 5.79. The van der Waals surface area contributed by atoms with E-state index in [1.807, 2.05) is 0 Å². The maximum atomic E-state index is 6.73. The van der Waals surface area contributed by atoms with Gasteiger partial charge in [-0.25, -0.2) is 0 Å². The molecule has 0 aromatic carbocycles. The van der Waals surface area contributed by atoms with Crippen LogP contribution in [0.2, 0.25) is 18.1 Å². The van der Waals surface area contributed by atoms with Crippen molar-refractivity contribution < 1.29 is 13.7 Å². The Balaban J connectivity index is 2.54. The summed E-state index contributed by atoms with van der Waals surface area (Å²) < 4.78 is 18.2. The molecule has 0 aromatic heterocycles. The summed E-state index contributed by atoms with van der Waals surface area (Å²) in [6.07, 6.45) is 15.3. The van der Waals surface area contributed by atoms with Crippen molar-refractivity contribution in [1.82, 2.24) is 0 Å². The third-order valence-corrected chi connectivity index (χ3v) is 10.3. The second-order valence-corrected chi connectivity index (χ2v) is 15.0. The molecular weight excluding hydrogens is 363 g/mol. The summed E-state index contributed by atoms with van der Waals surface area (Å²) in [5, 5.41) is 0.239. The van der Waals surface area contributed by atoms with E-state index in [0.29, 0.717) is 6.61 Å². The van der Waals surface area contributed by atoms with Gasteiger partial charge in [0.15, 0.2) is 8.32 Å². The van der Waals surface area contributed by atoms with Gasteiger partial charge in [-0.15, -0.1) is 0 Å². The third kappa shape index (κ3) is 9.91.